The SMILES string of the molecule is Cc1ccc(F)c(C(N)COC(C)C)c1F. The van der Waals surface area contributed by atoms with E-state index < -0.39 is 17.7 Å². The molecule has 0 aliphatic heterocycles. The monoisotopic (exact) mass is 229 g/mol. The van der Waals surface area contributed by atoms with Crippen LogP contribution in [0.25, 0.3) is 0 Å². The lowest BCUT2D eigenvalue weighted by Crippen LogP contribution is -2.22. The highest BCUT2D eigenvalue weighted by atomic mass is 19.1. The minimum atomic E-state index is -0.776. The zero-order chi connectivity index (χ0) is 12.3. The zero-order valence-electron chi connectivity index (χ0n) is 9.76. The van der Waals surface area contributed by atoms with Gasteiger partial charge in [0.15, 0.2) is 0 Å². The number of hydrogen-bond acceptors (Lipinski definition) is 2. The van der Waals surface area contributed by atoms with Crippen LogP contribution in [0.3, 0.4) is 0 Å². The Balaban J connectivity index is 2.90. The highest BCUT2D eigenvalue weighted by Crippen LogP contribution is 2.22. The van der Waals surface area contributed by atoms with Crippen molar-refractivity contribution in [3.63, 3.8) is 0 Å². The van der Waals surface area contributed by atoms with E-state index in [1.54, 1.807) is 6.92 Å². The largest absolute Gasteiger partial charge is 0.377 e. The van der Waals surface area contributed by atoms with E-state index in [2.05, 4.69) is 0 Å². The molecule has 1 rings (SSSR count). The maximum atomic E-state index is 13.7. The van der Waals surface area contributed by atoms with Crippen molar-refractivity contribution < 1.29 is 13.5 Å². The first-order valence-corrected chi connectivity index (χ1v) is 5.25. The predicted octanol–water partition coefficient (Wildman–Crippen LogP) is 2.70. The fraction of sp³-hybridized carbons (Fsp3) is 0.500. The number of nitrogens with two attached hydrogens (primary N) is 1. The van der Waals surface area contributed by atoms with Gasteiger partial charge in [-0.15, -0.1) is 0 Å². The number of rotatable bonds is 4. The molecular formula is C12H17F2NO. The van der Waals surface area contributed by atoms with E-state index in [1.807, 2.05) is 13.8 Å². The molecule has 1 aromatic carbocycles. The van der Waals surface area contributed by atoms with Crippen LogP contribution in [0.15, 0.2) is 12.1 Å². The van der Waals surface area contributed by atoms with E-state index in [1.165, 1.54) is 12.1 Å². The van der Waals surface area contributed by atoms with Crippen molar-refractivity contribution in [3.05, 3.63) is 34.9 Å². The normalized spacial score (nSPS) is 13.2. The Morgan fingerprint density at radius 3 is 2.50 bits per heavy atom. The molecule has 0 radical (unpaired) electrons. The van der Waals surface area contributed by atoms with Gasteiger partial charge < -0.3 is 10.5 Å². The molecule has 1 aromatic rings. The molecule has 0 fully saturated rings. The fourth-order valence-corrected chi connectivity index (χ4v) is 1.40. The van der Waals surface area contributed by atoms with Gasteiger partial charge in [-0.3, -0.25) is 0 Å². The van der Waals surface area contributed by atoms with Gasteiger partial charge in [-0.2, -0.15) is 0 Å². The molecule has 2 N–H and O–H groups in total. The third-order valence-corrected chi connectivity index (χ3v) is 2.30. The standard InChI is InChI=1S/C12H17F2NO/c1-7(2)16-6-10(15)11-9(13)5-4-8(3)12(11)14/h4-5,7,10H,6,15H2,1-3H3. The van der Waals surface area contributed by atoms with Gasteiger partial charge in [0.05, 0.1) is 18.8 Å². The van der Waals surface area contributed by atoms with Crippen molar-refractivity contribution in [3.8, 4) is 0 Å². The number of benzene rings is 1. The second kappa shape index (κ2) is 5.37. The molecule has 1 atom stereocenters. The molecule has 4 heteroatoms. The van der Waals surface area contributed by atoms with Crippen LogP contribution in [0.5, 0.6) is 0 Å². The predicted molar refractivity (Wildman–Crippen MR) is 59.1 cm³/mol. The molecule has 90 valence electrons. The third kappa shape index (κ3) is 3.00. The quantitative estimate of drug-likeness (QED) is 0.861. The molecular weight excluding hydrogens is 212 g/mol. The summed E-state index contributed by atoms with van der Waals surface area (Å²) >= 11 is 0. The summed E-state index contributed by atoms with van der Waals surface area (Å²) < 4.78 is 32.3. The Morgan fingerprint density at radius 2 is 1.94 bits per heavy atom. The number of ether oxygens (including phenoxy) is 1. The average molecular weight is 229 g/mol. The molecule has 1 unspecified atom stereocenters. The highest BCUT2D eigenvalue weighted by molar-refractivity contribution is 5.29. The molecule has 0 amide bonds. The third-order valence-electron chi connectivity index (χ3n) is 2.30. The molecule has 0 heterocycles. The summed E-state index contributed by atoms with van der Waals surface area (Å²) in [4.78, 5) is 0. The van der Waals surface area contributed by atoms with Crippen LogP contribution in [0, 0.1) is 18.6 Å². The van der Waals surface area contributed by atoms with Gasteiger partial charge in [-0.25, -0.2) is 8.78 Å². The van der Waals surface area contributed by atoms with E-state index in [-0.39, 0.29) is 18.3 Å². The van der Waals surface area contributed by atoms with Crippen molar-refractivity contribution in [1.29, 1.82) is 0 Å². The Hall–Kier alpha value is -1.00. The van der Waals surface area contributed by atoms with Crippen molar-refractivity contribution in [2.75, 3.05) is 6.61 Å². The summed E-state index contributed by atoms with van der Waals surface area (Å²) in [6, 6.07) is 1.84. The summed E-state index contributed by atoms with van der Waals surface area (Å²) in [5.41, 5.74) is 6.00. The first-order valence-electron chi connectivity index (χ1n) is 5.25. The average Bonchev–Trinajstić information content (AvgIpc) is 2.21. The Bertz CT molecular complexity index is 366. The molecule has 0 aromatic heterocycles. The summed E-state index contributed by atoms with van der Waals surface area (Å²) in [5, 5.41) is 0. The van der Waals surface area contributed by atoms with Crippen LogP contribution in [-0.2, 0) is 4.74 Å². The van der Waals surface area contributed by atoms with E-state index in [0.29, 0.717) is 5.56 Å². The van der Waals surface area contributed by atoms with Crippen molar-refractivity contribution in [2.24, 2.45) is 5.73 Å². The minimum absolute atomic E-state index is 0.0121. The number of halogens is 2. The van der Waals surface area contributed by atoms with Gasteiger partial charge in [0, 0.05) is 5.56 Å². The van der Waals surface area contributed by atoms with Crippen LogP contribution < -0.4 is 5.73 Å². The Morgan fingerprint density at radius 1 is 1.31 bits per heavy atom. The summed E-state index contributed by atoms with van der Waals surface area (Å²) in [7, 11) is 0. The summed E-state index contributed by atoms with van der Waals surface area (Å²) in [6.45, 7) is 5.37. The fourth-order valence-electron chi connectivity index (χ4n) is 1.40. The smallest absolute Gasteiger partial charge is 0.133 e. The first-order chi connectivity index (χ1) is 7.43. The van der Waals surface area contributed by atoms with E-state index in [9.17, 15) is 8.78 Å². The lowest BCUT2D eigenvalue weighted by molar-refractivity contribution is 0.0670. The van der Waals surface area contributed by atoms with Crippen LogP contribution in [-0.4, -0.2) is 12.7 Å². The number of aryl methyl sites for hydroxylation is 1. The first kappa shape index (κ1) is 13.1. The van der Waals surface area contributed by atoms with Gasteiger partial charge in [-0.1, -0.05) is 6.07 Å². The van der Waals surface area contributed by atoms with Gasteiger partial charge in [-0.05, 0) is 32.4 Å². The molecule has 0 aliphatic rings. The summed E-state index contributed by atoms with van der Waals surface area (Å²) in [5.74, 6) is -1.21. The van der Waals surface area contributed by atoms with Crippen LogP contribution in [0.2, 0.25) is 0 Å². The lowest BCUT2D eigenvalue weighted by Gasteiger charge is -2.16. The zero-order valence-corrected chi connectivity index (χ0v) is 9.76. The second-order valence-corrected chi connectivity index (χ2v) is 4.08. The van der Waals surface area contributed by atoms with E-state index in [4.69, 9.17) is 10.5 Å². The maximum absolute atomic E-state index is 13.7. The number of hydrogen-bond donors (Lipinski definition) is 1. The second-order valence-electron chi connectivity index (χ2n) is 4.08. The summed E-state index contributed by atoms with van der Waals surface area (Å²) in [6.07, 6.45) is -0.0121. The minimum Gasteiger partial charge on any atom is -0.377 e. The molecule has 0 saturated heterocycles. The molecule has 2 nitrogen and oxygen atoms in total. The molecule has 0 saturated carbocycles. The Kier molecular flexibility index (Phi) is 4.38. The van der Waals surface area contributed by atoms with Crippen molar-refractivity contribution in [2.45, 2.75) is 32.9 Å². The van der Waals surface area contributed by atoms with E-state index in [0.717, 1.165) is 0 Å². The van der Waals surface area contributed by atoms with Gasteiger partial charge in [0.25, 0.3) is 0 Å². The highest BCUT2D eigenvalue weighted by Gasteiger charge is 2.18. The Labute approximate surface area is 94.4 Å². The topological polar surface area (TPSA) is 35.2 Å². The van der Waals surface area contributed by atoms with Crippen molar-refractivity contribution in [1.82, 2.24) is 0 Å². The molecule has 0 aliphatic carbocycles. The van der Waals surface area contributed by atoms with E-state index >= 15 is 0 Å². The van der Waals surface area contributed by atoms with Crippen LogP contribution in [0.1, 0.15) is 31.0 Å². The maximum Gasteiger partial charge on any atom is 0.133 e. The van der Waals surface area contributed by atoms with Gasteiger partial charge >= 0.3 is 0 Å². The van der Waals surface area contributed by atoms with Crippen LogP contribution >= 0.6 is 0 Å². The molecule has 0 bridgehead atoms. The van der Waals surface area contributed by atoms with Crippen LogP contribution in [0.4, 0.5) is 8.78 Å². The lowest BCUT2D eigenvalue weighted by atomic mass is 10.0. The van der Waals surface area contributed by atoms with Gasteiger partial charge in [0.1, 0.15) is 11.6 Å². The van der Waals surface area contributed by atoms with Gasteiger partial charge in [0.2, 0.25) is 0 Å². The molecule has 16 heavy (non-hydrogen) atoms. The van der Waals surface area contributed by atoms with Crippen molar-refractivity contribution >= 4 is 0 Å². The molecule has 0 spiro atoms.